The van der Waals surface area contributed by atoms with Gasteiger partial charge in [0.15, 0.2) is 11.5 Å². The second kappa shape index (κ2) is 6.38. The molecule has 2 rings (SSSR count). The Balaban J connectivity index is 2.39. The number of ketones is 1. The van der Waals surface area contributed by atoms with Crippen LogP contribution in [0.25, 0.3) is 0 Å². The highest BCUT2D eigenvalue weighted by Crippen LogP contribution is 2.38. The van der Waals surface area contributed by atoms with E-state index in [0.717, 1.165) is 5.56 Å². The molecule has 0 fully saturated rings. The van der Waals surface area contributed by atoms with Gasteiger partial charge in [-0.25, -0.2) is 4.79 Å². The number of fused-ring (bicyclic) bond motifs is 1. The van der Waals surface area contributed by atoms with Gasteiger partial charge in [-0.05, 0) is 13.0 Å². The monoisotopic (exact) mass is 280 g/mol. The Morgan fingerprint density at radius 2 is 1.90 bits per heavy atom. The average Bonchev–Trinajstić information content (AvgIpc) is 2.47. The van der Waals surface area contributed by atoms with E-state index < -0.39 is 11.8 Å². The molecule has 0 radical (unpaired) electrons. The molecule has 0 spiro atoms. The van der Waals surface area contributed by atoms with Crippen molar-refractivity contribution >= 4 is 11.8 Å². The van der Waals surface area contributed by atoms with Crippen molar-refractivity contribution in [2.24, 2.45) is 0 Å². The molecule has 0 aromatic heterocycles. The molecule has 1 aliphatic heterocycles. The minimum absolute atomic E-state index is 0.145. The van der Waals surface area contributed by atoms with Crippen LogP contribution in [0.15, 0.2) is 12.1 Å². The molecule has 1 heterocycles. The first-order valence-corrected chi connectivity index (χ1v) is 6.30. The number of ether oxygens (including phenoxy) is 4. The lowest BCUT2D eigenvalue weighted by Crippen LogP contribution is -2.23. The van der Waals surface area contributed by atoms with Gasteiger partial charge in [0, 0.05) is 12.7 Å². The van der Waals surface area contributed by atoms with Crippen molar-refractivity contribution in [2.75, 3.05) is 26.9 Å². The maximum atomic E-state index is 12.0. The van der Waals surface area contributed by atoms with E-state index in [1.165, 1.54) is 6.07 Å². The molecule has 0 N–H and O–H groups in total. The normalized spacial score (nSPS) is 12.9. The zero-order valence-electron chi connectivity index (χ0n) is 11.4. The Labute approximate surface area is 116 Å². The molecule has 0 amide bonds. The molecule has 20 heavy (non-hydrogen) atoms. The molecule has 0 unspecified atom stereocenters. The number of hydrogen-bond acceptors (Lipinski definition) is 6. The van der Waals surface area contributed by atoms with Crippen LogP contribution in [0.1, 0.15) is 22.8 Å². The third-order valence-electron chi connectivity index (χ3n) is 2.78. The van der Waals surface area contributed by atoms with E-state index in [2.05, 4.69) is 0 Å². The number of carbonyl (C=O) groups excluding carboxylic acids is 2. The van der Waals surface area contributed by atoms with E-state index in [1.807, 2.05) is 0 Å². The number of rotatable bonds is 5. The first kappa shape index (κ1) is 14.3. The van der Waals surface area contributed by atoms with Gasteiger partial charge in [0.05, 0.1) is 18.8 Å². The first-order chi connectivity index (χ1) is 9.69. The zero-order valence-corrected chi connectivity index (χ0v) is 11.4. The van der Waals surface area contributed by atoms with Crippen LogP contribution in [0.5, 0.6) is 11.5 Å². The molecule has 6 nitrogen and oxygen atoms in total. The largest absolute Gasteiger partial charge is 0.486 e. The molecule has 1 aromatic carbocycles. The summed E-state index contributed by atoms with van der Waals surface area (Å²) in [6.07, 6.45) is 0. The fourth-order valence-corrected chi connectivity index (χ4v) is 1.95. The van der Waals surface area contributed by atoms with Gasteiger partial charge in [0.2, 0.25) is 0 Å². The fourth-order valence-electron chi connectivity index (χ4n) is 1.95. The van der Waals surface area contributed by atoms with Crippen molar-refractivity contribution in [1.82, 2.24) is 0 Å². The minimum Gasteiger partial charge on any atom is -0.486 e. The standard InChI is InChI=1S/C14H16O6/c1-3-18-14(16)11(15)10-5-4-9(8-17-2)12-13(10)20-7-6-19-12/h4-5H,3,6-8H2,1-2H3. The molecule has 0 atom stereocenters. The van der Waals surface area contributed by atoms with Crippen molar-refractivity contribution < 1.29 is 28.5 Å². The third-order valence-corrected chi connectivity index (χ3v) is 2.78. The average molecular weight is 280 g/mol. The molecular formula is C14H16O6. The van der Waals surface area contributed by atoms with Crippen LogP contribution < -0.4 is 9.47 Å². The summed E-state index contributed by atoms with van der Waals surface area (Å²) in [4.78, 5) is 23.6. The second-order valence-electron chi connectivity index (χ2n) is 4.11. The first-order valence-electron chi connectivity index (χ1n) is 6.30. The van der Waals surface area contributed by atoms with E-state index in [1.54, 1.807) is 20.1 Å². The van der Waals surface area contributed by atoms with Gasteiger partial charge in [-0.1, -0.05) is 6.07 Å². The Hall–Kier alpha value is -2.08. The maximum absolute atomic E-state index is 12.0. The number of benzene rings is 1. The lowest BCUT2D eigenvalue weighted by Gasteiger charge is -2.22. The van der Waals surface area contributed by atoms with Gasteiger partial charge in [-0.2, -0.15) is 0 Å². The summed E-state index contributed by atoms with van der Waals surface area (Å²) in [5.74, 6) is -0.905. The molecule has 108 valence electrons. The highest BCUT2D eigenvalue weighted by Gasteiger charge is 2.27. The van der Waals surface area contributed by atoms with E-state index in [-0.39, 0.29) is 17.9 Å². The van der Waals surface area contributed by atoms with Crippen LogP contribution in [0.2, 0.25) is 0 Å². The fraction of sp³-hybridized carbons (Fsp3) is 0.429. The summed E-state index contributed by atoms with van der Waals surface area (Å²) in [6.45, 7) is 2.83. The van der Waals surface area contributed by atoms with Crippen LogP contribution >= 0.6 is 0 Å². The summed E-state index contributed by atoms with van der Waals surface area (Å²) in [5, 5.41) is 0. The smallest absolute Gasteiger partial charge is 0.379 e. The van der Waals surface area contributed by atoms with Gasteiger partial charge >= 0.3 is 5.97 Å². The lowest BCUT2D eigenvalue weighted by molar-refractivity contribution is -0.137. The Kier molecular flexibility index (Phi) is 4.57. The van der Waals surface area contributed by atoms with Crippen molar-refractivity contribution in [1.29, 1.82) is 0 Å². The number of Topliss-reactive ketones (excluding diaryl/α,β-unsaturated/α-hetero) is 1. The van der Waals surface area contributed by atoms with E-state index in [4.69, 9.17) is 18.9 Å². The highest BCUT2D eigenvalue weighted by molar-refractivity contribution is 6.41. The summed E-state index contributed by atoms with van der Waals surface area (Å²) in [6, 6.07) is 3.21. The number of hydrogen-bond donors (Lipinski definition) is 0. The van der Waals surface area contributed by atoms with Crippen molar-refractivity contribution in [2.45, 2.75) is 13.5 Å². The topological polar surface area (TPSA) is 71.1 Å². The van der Waals surface area contributed by atoms with Gasteiger partial charge in [0.25, 0.3) is 5.78 Å². The molecule has 0 bridgehead atoms. The zero-order chi connectivity index (χ0) is 14.5. The molecule has 1 aromatic rings. The molecule has 0 saturated carbocycles. The molecular weight excluding hydrogens is 264 g/mol. The molecule has 0 saturated heterocycles. The van der Waals surface area contributed by atoms with E-state index >= 15 is 0 Å². The van der Waals surface area contributed by atoms with Gasteiger partial charge in [-0.3, -0.25) is 4.79 Å². The van der Waals surface area contributed by atoms with Crippen molar-refractivity contribution in [3.05, 3.63) is 23.3 Å². The SMILES string of the molecule is CCOC(=O)C(=O)c1ccc(COC)c2c1OCCO2. The van der Waals surface area contributed by atoms with Crippen LogP contribution in [0.4, 0.5) is 0 Å². The highest BCUT2D eigenvalue weighted by atomic mass is 16.6. The predicted octanol–water partition coefficient (Wildman–Crippen LogP) is 1.35. The molecule has 0 aliphatic carbocycles. The second-order valence-corrected chi connectivity index (χ2v) is 4.11. The molecule has 6 heteroatoms. The van der Waals surface area contributed by atoms with E-state index in [9.17, 15) is 9.59 Å². The maximum Gasteiger partial charge on any atom is 0.379 e. The van der Waals surface area contributed by atoms with Crippen LogP contribution in [-0.2, 0) is 20.9 Å². The lowest BCUT2D eigenvalue weighted by atomic mass is 10.0. The quantitative estimate of drug-likeness (QED) is 0.460. The third kappa shape index (κ3) is 2.75. The minimum atomic E-state index is -0.900. The van der Waals surface area contributed by atoms with Crippen molar-refractivity contribution in [3.8, 4) is 11.5 Å². The summed E-state index contributed by atoms with van der Waals surface area (Å²) < 4.78 is 20.8. The van der Waals surface area contributed by atoms with Crippen LogP contribution in [-0.4, -0.2) is 38.7 Å². The summed E-state index contributed by atoms with van der Waals surface area (Å²) >= 11 is 0. The number of methoxy groups -OCH3 is 1. The van der Waals surface area contributed by atoms with Crippen LogP contribution in [0.3, 0.4) is 0 Å². The Bertz CT molecular complexity index is 523. The number of carbonyl (C=O) groups is 2. The van der Waals surface area contributed by atoms with Gasteiger partial charge < -0.3 is 18.9 Å². The molecule has 1 aliphatic rings. The van der Waals surface area contributed by atoms with Gasteiger partial charge in [0.1, 0.15) is 13.2 Å². The van der Waals surface area contributed by atoms with Gasteiger partial charge in [-0.15, -0.1) is 0 Å². The van der Waals surface area contributed by atoms with E-state index in [0.29, 0.717) is 25.6 Å². The Morgan fingerprint density at radius 3 is 2.55 bits per heavy atom. The Morgan fingerprint density at radius 1 is 1.20 bits per heavy atom. The summed E-state index contributed by atoms with van der Waals surface area (Å²) in [7, 11) is 1.56. The summed E-state index contributed by atoms with van der Waals surface area (Å²) in [5.41, 5.74) is 0.917. The number of esters is 1. The van der Waals surface area contributed by atoms with Crippen LogP contribution in [0, 0.1) is 0 Å². The predicted molar refractivity (Wildman–Crippen MR) is 69.1 cm³/mol. The van der Waals surface area contributed by atoms with Crippen molar-refractivity contribution in [3.63, 3.8) is 0 Å².